The van der Waals surface area contributed by atoms with Gasteiger partial charge in [0.1, 0.15) is 12.4 Å². The summed E-state index contributed by atoms with van der Waals surface area (Å²) < 4.78 is 14.1. The van der Waals surface area contributed by atoms with Crippen LogP contribution < -0.4 is 10.4 Å². The minimum absolute atomic E-state index is 0.179. The highest BCUT2D eigenvalue weighted by Gasteiger charge is 2.23. The Bertz CT molecular complexity index is 1570. The highest BCUT2D eigenvalue weighted by Crippen LogP contribution is 2.34. The number of methoxy groups -OCH3 is 1. The zero-order valence-electron chi connectivity index (χ0n) is 22.5. The number of aryl methyl sites for hydroxylation is 1. The van der Waals surface area contributed by atoms with Crippen molar-refractivity contribution in [3.05, 3.63) is 94.8 Å². The number of nitrogens with zero attached hydrogens (tertiary/aromatic N) is 4. The van der Waals surface area contributed by atoms with E-state index in [-0.39, 0.29) is 5.69 Å². The van der Waals surface area contributed by atoms with Gasteiger partial charge in [-0.05, 0) is 67.8 Å². The van der Waals surface area contributed by atoms with E-state index in [1.165, 1.54) is 0 Å². The first-order valence-corrected chi connectivity index (χ1v) is 12.4. The number of hydrogen-bond donors (Lipinski definition) is 0. The molecule has 0 fully saturated rings. The van der Waals surface area contributed by atoms with E-state index in [0.29, 0.717) is 30.3 Å². The third-order valence-corrected chi connectivity index (χ3v) is 6.72. The summed E-state index contributed by atoms with van der Waals surface area (Å²) in [5.41, 5.74) is 6.02. The van der Waals surface area contributed by atoms with Crippen LogP contribution in [-0.4, -0.2) is 34.4 Å². The standard InChI is InChI=1S/C31H32N4O3/c1-7-28-29(35(30(36)34(28)5)25-12-10-24(11-13-25)31(3,4)20-32)27-17-22(9-8-21(27)2)23-16-26(19-33-18-23)38-15-14-37-6/h7-13,16-19H,1,14-15H2,2-6H3. The number of imidazole rings is 1. The fourth-order valence-electron chi connectivity index (χ4n) is 4.40. The molecule has 0 saturated heterocycles. The van der Waals surface area contributed by atoms with Gasteiger partial charge in [-0.1, -0.05) is 30.8 Å². The lowest BCUT2D eigenvalue weighted by Gasteiger charge is -2.17. The Morgan fingerprint density at radius 1 is 1.08 bits per heavy atom. The summed E-state index contributed by atoms with van der Waals surface area (Å²) in [6.07, 6.45) is 5.17. The maximum atomic E-state index is 13.5. The van der Waals surface area contributed by atoms with Gasteiger partial charge < -0.3 is 9.47 Å². The van der Waals surface area contributed by atoms with E-state index < -0.39 is 5.41 Å². The highest BCUT2D eigenvalue weighted by atomic mass is 16.5. The van der Waals surface area contributed by atoms with Crippen molar-refractivity contribution >= 4 is 6.08 Å². The molecule has 7 nitrogen and oxygen atoms in total. The van der Waals surface area contributed by atoms with E-state index in [1.54, 1.807) is 41.8 Å². The van der Waals surface area contributed by atoms with Crippen LogP contribution in [-0.2, 0) is 17.2 Å². The molecule has 0 spiro atoms. The molecule has 38 heavy (non-hydrogen) atoms. The summed E-state index contributed by atoms with van der Waals surface area (Å²) >= 11 is 0. The Labute approximate surface area is 223 Å². The average Bonchev–Trinajstić information content (AvgIpc) is 3.18. The van der Waals surface area contributed by atoms with Gasteiger partial charge in [-0.15, -0.1) is 0 Å². The maximum absolute atomic E-state index is 13.5. The maximum Gasteiger partial charge on any atom is 0.333 e. The first-order chi connectivity index (χ1) is 18.2. The smallest absolute Gasteiger partial charge is 0.333 e. The second-order valence-corrected chi connectivity index (χ2v) is 9.68. The summed E-state index contributed by atoms with van der Waals surface area (Å²) in [5.74, 6) is 0.658. The minimum atomic E-state index is -0.629. The molecule has 0 radical (unpaired) electrons. The Hall–Kier alpha value is -4.41. The zero-order chi connectivity index (χ0) is 27.4. The molecule has 0 aliphatic carbocycles. The van der Waals surface area contributed by atoms with Crippen LogP contribution in [0.2, 0.25) is 0 Å². The van der Waals surface area contributed by atoms with Gasteiger partial charge in [0.2, 0.25) is 0 Å². The van der Waals surface area contributed by atoms with Gasteiger partial charge in [-0.25, -0.2) is 4.79 Å². The normalized spacial score (nSPS) is 11.3. The lowest BCUT2D eigenvalue weighted by Crippen LogP contribution is -2.22. The molecule has 0 unspecified atom stereocenters. The quantitative estimate of drug-likeness (QED) is 0.272. The van der Waals surface area contributed by atoms with Gasteiger partial charge in [-0.3, -0.25) is 14.1 Å². The largest absolute Gasteiger partial charge is 0.490 e. The predicted octanol–water partition coefficient (Wildman–Crippen LogP) is 5.68. The van der Waals surface area contributed by atoms with Crippen LogP contribution in [0.3, 0.4) is 0 Å². The van der Waals surface area contributed by atoms with Crippen LogP contribution in [0.15, 0.2) is 72.3 Å². The molecule has 2 heterocycles. The number of benzene rings is 2. The molecule has 2 aromatic carbocycles. The van der Waals surface area contributed by atoms with Crippen LogP contribution in [0.1, 0.15) is 30.7 Å². The van der Waals surface area contributed by atoms with Crippen molar-refractivity contribution in [3.63, 3.8) is 0 Å². The lowest BCUT2D eigenvalue weighted by atomic mass is 9.86. The van der Waals surface area contributed by atoms with Crippen LogP contribution in [0, 0.1) is 18.3 Å². The molecule has 7 heteroatoms. The van der Waals surface area contributed by atoms with E-state index in [1.807, 2.05) is 63.2 Å². The highest BCUT2D eigenvalue weighted by molar-refractivity contribution is 5.79. The summed E-state index contributed by atoms with van der Waals surface area (Å²) in [7, 11) is 3.38. The van der Waals surface area contributed by atoms with E-state index in [4.69, 9.17) is 9.47 Å². The Morgan fingerprint density at radius 3 is 2.47 bits per heavy atom. The number of aromatic nitrogens is 3. The van der Waals surface area contributed by atoms with Crippen LogP contribution >= 0.6 is 0 Å². The van der Waals surface area contributed by atoms with Crippen molar-refractivity contribution in [2.75, 3.05) is 20.3 Å². The molecule has 0 atom stereocenters. The molecule has 0 bridgehead atoms. The average molecular weight is 509 g/mol. The van der Waals surface area contributed by atoms with Gasteiger partial charge in [-0.2, -0.15) is 5.26 Å². The van der Waals surface area contributed by atoms with Gasteiger partial charge >= 0.3 is 5.69 Å². The van der Waals surface area contributed by atoms with E-state index >= 15 is 0 Å². The summed E-state index contributed by atoms with van der Waals surface area (Å²) in [4.78, 5) is 17.9. The summed E-state index contributed by atoms with van der Waals surface area (Å²) in [6, 6.07) is 18.0. The van der Waals surface area contributed by atoms with Gasteiger partial charge in [0, 0.05) is 31.5 Å². The molecular formula is C31H32N4O3. The van der Waals surface area contributed by atoms with Crippen LogP contribution in [0.25, 0.3) is 34.1 Å². The van der Waals surface area contributed by atoms with Crippen molar-refractivity contribution in [1.82, 2.24) is 14.1 Å². The van der Waals surface area contributed by atoms with Crippen LogP contribution in [0.5, 0.6) is 5.75 Å². The van der Waals surface area contributed by atoms with Crippen molar-refractivity contribution in [1.29, 1.82) is 5.26 Å². The van der Waals surface area contributed by atoms with Gasteiger partial charge in [0.15, 0.2) is 0 Å². The zero-order valence-corrected chi connectivity index (χ0v) is 22.5. The van der Waals surface area contributed by atoms with E-state index in [9.17, 15) is 10.1 Å². The predicted molar refractivity (Wildman–Crippen MR) is 151 cm³/mol. The first-order valence-electron chi connectivity index (χ1n) is 12.4. The Balaban J connectivity index is 1.86. The Morgan fingerprint density at radius 2 is 1.82 bits per heavy atom. The summed E-state index contributed by atoms with van der Waals surface area (Å²) in [6.45, 7) is 10.7. The van der Waals surface area contributed by atoms with Crippen molar-refractivity contribution in [3.8, 4) is 39.9 Å². The molecule has 4 rings (SSSR count). The molecule has 0 amide bonds. The SMILES string of the molecule is C=Cc1c(-c2cc(-c3cncc(OCCOC)c3)ccc2C)n(-c2ccc(C(C)(C)C#N)cc2)c(=O)n1C. The number of rotatable bonds is 9. The number of ether oxygens (including phenoxy) is 2. The monoisotopic (exact) mass is 508 g/mol. The van der Waals surface area contributed by atoms with E-state index in [2.05, 4.69) is 23.7 Å². The van der Waals surface area contributed by atoms with Gasteiger partial charge in [0.05, 0.1) is 41.4 Å². The van der Waals surface area contributed by atoms with Crippen LogP contribution in [0.4, 0.5) is 0 Å². The fraction of sp³-hybridized carbons (Fsp3) is 0.258. The molecule has 0 saturated carbocycles. The third kappa shape index (κ3) is 5.04. The van der Waals surface area contributed by atoms with Crippen molar-refractivity contribution < 1.29 is 9.47 Å². The molecular weight excluding hydrogens is 476 g/mol. The number of pyridine rings is 1. The summed E-state index contributed by atoms with van der Waals surface area (Å²) in [5, 5.41) is 9.53. The molecule has 194 valence electrons. The topological polar surface area (TPSA) is 82.1 Å². The van der Waals surface area contributed by atoms with Crippen molar-refractivity contribution in [2.45, 2.75) is 26.2 Å². The Kier molecular flexibility index (Phi) is 7.65. The molecule has 0 aliphatic rings. The fourth-order valence-corrected chi connectivity index (χ4v) is 4.40. The minimum Gasteiger partial charge on any atom is -0.490 e. The van der Waals surface area contributed by atoms with Gasteiger partial charge in [0.25, 0.3) is 0 Å². The molecule has 4 aromatic rings. The third-order valence-electron chi connectivity index (χ3n) is 6.72. The number of nitriles is 1. The lowest BCUT2D eigenvalue weighted by molar-refractivity contribution is 0.146. The molecule has 0 N–H and O–H groups in total. The van der Waals surface area contributed by atoms with E-state index in [0.717, 1.165) is 33.5 Å². The first kappa shape index (κ1) is 26.6. The number of hydrogen-bond acceptors (Lipinski definition) is 5. The second kappa shape index (κ2) is 10.9. The molecule has 0 aliphatic heterocycles. The second-order valence-electron chi connectivity index (χ2n) is 9.68. The van der Waals surface area contributed by atoms with Crippen molar-refractivity contribution in [2.24, 2.45) is 7.05 Å². The molecule has 2 aromatic heterocycles.